The standard InChI is InChI=1S/C10H9F5O2/c1-17-5-2-3-6(8(16)9(11)12)7(4-5)10(13,14)15/h2-4,8-9,16H,1H3. The molecule has 0 amide bonds. The number of hydrogen-bond acceptors (Lipinski definition) is 2. The Balaban J connectivity index is 3.30. The molecule has 1 aromatic carbocycles. The lowest BCUT2D eigenvalue weighted by Crippen LogP contribution is -2.16. The fourth-order valence-corrected chi connectivity index (χ4v) is 1.30. The predicted octanol–water partition coefficient (Wildman–Crippen LogP) is 3.01. The Morgan fingerprint density at radius 1 is 1.24 bits per heavy atom. The molecule has 7 heteroatoms. The van der Waals surface area contributed by atoms with Gasteiger partial charge in [0.2, 0.25) is 0 Å². The molecule has 0 aliphatic rings. The van der Waals surface area contributed by atoms with Gasteiger partial charge >= 0.3 is 6.18 Å². The van der Waals surface area contributed by atoms with Crippen LogP contribution in [0.3, 0.4) is 0 Å². The molecule has 2 nitrogen and oxygen atoms in total. The van der Waals surface area contributed by atoms with Crippen molar-refractivity contribution in [1.29, 1.82) is 0 Å². The van der Waals surface area contributed by atoms with E-state index >= 15 is 0 Å². The Labute approximate surface area is 93.6 Å². The van der Waals surface area contributed by atoms with Crippen LogP contribution in [0.2, 0.25) is 0 Å². The van der Waals surface area contributed by atoms with Crippen LogP contribution in [0.25, 0.3) is 0 Å². The van der Waals surface area contributed by atoms with Crippen molar-refractivity contribution >= 4 is 0 Å². The van der Waals surface area contributed by atoms with Gasteiger partial charge in [-0.3, -0.25) is 0 Å². The van der Waals surface area contributed by atoms with Crippen LogP contribution in [-0.4, -0.2) is 18.6 Å². The lowest BCUT2D eigenvalue weighted by molar-refractivity contribution is -0.140. The monoisotopic (exact) mass is 256 g/mol. The zero-order valence-corrected chi connectivity index (χ0v) is 8.63. The van der Waals surface area contributed by atoms with Crippen molar-refractivity contribution in [2.75, 3.05) is 7.11 Å². The van der Waals surface area contributed by atoms with Crippen molar-refractivity contribution in [2.24, 2.45) is 0 Å². The summed E-state index contributed by atoms with van der Waals surface area (Å²) in [6.45, 7) is 0. The van der Waals surface area contributed by atoms with Crippen molar-refractivity contribution in [3.63, 3.8) is 0 Å². The summed E-state index contributed by atoms with van der Waals surface area (Å²) in [6.07, 6.45) is -10.6. The summed E-state index contributed by atoms with van der Waals surface area (Å²) in [4.78, 5) is 0. The first-order valence-electron chi connectivity index (χ1n) is 4.48. The van der Waals surface area contributed by atoms with E-state index in [1.807, 2.05) is 0 Å². The van der Waals surface area contributed by atoms with Crippen molar-refractivity contribution in [2.45, 2.75) is 18.7 Å². The maximum absolute atomic E-state index is 12.6. The second kappa shape index (κ2) is 4.87. The number of ether oxygens (including phenoxy) is 1. The summed E-state index contributed by atoms with van der Waals surface area (Å²) in [6, 6.07) is 2.43. The van der Waals surface area contributed by atoms with Crippen LogP contribution in [0.4, 0.5) is 22.0 Å². The average Bonchev–Trinajstić information content (AvgIpc) is 2.26. The van der Waals surface area contributed by atoms with Gasteiger partial charge in [0.05, 0.1) is 12.7 Å². The van der Waals surface area contributed by atoms with Gasteiger partial charge in [-0.25, -0.2) is 8.78 Å². The Bertz CT molecular complexity index is 389. The number of aliphatic hydroxyl groups is 1. The number of methoxy groups -OCH3 is 1. The number of aliphatic hydroxyl groups excluding tert-OH is 1. The van der Waals surface area contributed by atoms with Gasteiger partial charge in [0.15, 0.2) is 0 Å². The van der Waals surface area contributed by atoms with Crippen LogP contribution < -0.4 is 4.74 Å². The summed E-state index contributed by atoms with van der Waals surface area (Å²) in [5, 5.41) is 9.01. The second-order valence-electron chi connectivity index (χ2n) is 3.23. The first-order valence-corrected chi connectivity index (χ1v) is 4.48. The molecule has 1 unspecified atom stereocenters. The van der Waals surface area contributed by atoms with Crippen LogP contribution in [0.5, 0.6) is 5.75 Å². The third-order valence-electron chi connectivity index (χ3n) is 2.12. The molecule has 0 aromatic heterocycles. The maximum Gasteiger partial charge on any atom is 0.416 e. The van der Waals surface area contributed by atoms with E-state index < -0.39 is 29.8 Å². The number of halogens is 5. The molecule has 0 radical (unpaired) electrons. The van der Waals surface area contributed by atoms with Gasteiger partial charge in [0.1, 0.15) is 11.9 Å². The molecule has 0 spiro atoms. The van der Waals surface area contributed by atoms with Crippen LogP contribution in [0.1, 0.15) is 17.2 Å². The number of rotatable bonds is 3. The summed E-state index contributed by atoms with van der Waals surface area (Å²) < 4.78 is 66.7. The molecule has 1 aromatic rings. The van der Waals surface area contributed by atoms with Gasteiger partial charge in [-0.15, -0.1) is 0 Å². The number of alkyl halides is 5. The maximum atomic E-state index is 12.6. The minimum absolute atomic E-state index is 0.123. The van der Waals surface area contributed by atoms with Crippen molar-refractivity contribution < 1.29 is 31.8 Å². The van der Waals surface area contributed by atoms with Gasteiger partial charge in [0.25, 0.3) is 6.43 Å². The van der Waals surface area contributed by atoms with Crippen molar-refractivity contribution in [3.05, 3.63) is 29.3 Å². The summed E-state index contributed by atoms with van der Waals surface area (Å²) in [5.74, 6) is -0.123. The highest BCUT2D eigenvalue weighted by Crippen LogP contribution is 2.38. The van der Waals surface area contributed by atoms with E-state index in [-0.39, 0.29) is 5.75 Å². The second-order valence-corrected chi connectivity index (χ2v) is 3.23. The van der Waals surface area contributed by atoms with E-state index in [4.69, 9.17) is 5.11 Å². The van der Waals surface area contributed by atoms with Gasteiger partial charge in [-0.05, 0) is 17.7 Å². The Kier molecular flexibility index (Phi) is 3.92. The van der Waals surface area contributed by atoms with E-state index in [2.05, 4.69) is 4.74 Å². The normalized spacial score (nSPS) is 13.9. The van der Waals surface area contributed by atoms with E-state index in [0.29, 0.717) is 6.07 Å². The molecule has 17 heavy (non-hydrogen) atoms. The molecule has 0 saturated heterocycles. The summed E-state index contributed by atoms with van der Waals surface area (Å²) in [5.41, 5.74) is -2.20. The first-order chi connectivity index (χ1) is 7.77. The van der Waals surface area contributed by atoms with E-state index in [1.54, 1.807) is 0 Å². The molecule has 96 valence electrons. The van der Waals surface area contributed by atoms with Crippen molar-refractivity contribution in [1.82, 2.24) is 0 Å². The molecule has 0 heterocycles. The van der Waals surface area contributed by atoms with Crippen molar-refractivity contribution in [3.8, 4) is 5.75 Å². The van der Waals surface area contributed by atoms with Gasteiger partial charge in [-0.1, -0.05) is 6.07 Å². The lowest BCUT2D eigenvalue weighted by atomic mass is 10.0. The molecule has 0 fully saturated rings. The summed E-state index contributed by atoms with van der Waals surface area (Å²) >= 11 is 0. The molecule has 0 aliphatic heterocycles. The molecule has 1 rings (SSSR count). The molecule has 0 saturated carbocycles. The fraction of sp³-hybridized carbons (Fsp3) is 0.400. The molecule has 0 aliphatic carbocycles. The van der Waals surface area contributed by atoms with Crippen LogP contribution in [0, 0.1) is 0 Å². The third kappa shape index (κ3) is 3.06. The highest BCUT2D eigenvalue weighted by molar-refractivity contribution is 5.39. The molecule has 1 atom stereocenters. The Morgan fingerprint density at radius 3 is 2.24 bits per heavy atom. The molecular formula is C10H9F5O2. The van der Waals surface area contributed by atoms with E-state index in [1.165, 1.54) is 0 Å². The zero-order chi connectivity index (χ0) is 13.2. The Morgan fingerprint density at radius 2 is 1.82 bits per heavy atom. The van der Waals surface area contributed by atoms with Crippen LogP contribution >= 0.6 is 0 Å². The minimum atomic E-state index is -4.83. The zero-order valence-electron chi connectivity index (χ0n) is 8.63. The quantitative estimate of drug-likeness (QED) is 0.842. The summed E-state index contributed by atoms with van der Waals surface area (Å²) in [7, 11) is 1.15. The number of benzene rings is 1. The highest BCUT2D eigenvalue weighted by Gasteiger charge is 2.37. The SMILES string of the molecule is COc1ccc(C(O)C(F)F)c(C(F)(F)F)c1. The van der Waals surface area contributed by atoms with Gasteiger partial charge in [0, 0.05) is 0 Å². The third-order valence-corrected chi connectivity index (χ3v) is 2.12. The molecule has 0 bridgehead atoms. The lowest BCUT2D eigenvalue weighted by Gasteiger charge is -2.17. The van der Waals surface area contributed by atoms with Crippen LogP contribution in [0.15, 0.2) is 18.2 Å². The smallest absolute Gasteiger partial charge is 0.416 e. The van der Waals surface area contributed by atoms with Crippen LogP contribution in [-0.2, 0) is 6.18 Å². The largest absolute Gasteiger partial charge is 0.497 e. The topological polar surface area (TPSA) is 29.5 Å². The van der Waals surface area contributed by atoms with E-state index in [0.717, 1.165) is 19.2 Å². The highest BCUT2D eigenvalue weighted by atomic mass is 19.4. The Hall–Kier alpha value is -1.37. The van der Waals surface area contributed by atoms with Gasteiger partial charge in [-0.2, -0.15) is 13.2 Å². The number of hydrogen-bond donors (Lipinski definition) is 1. The first kappa shape index (κ1) is 13.7. The molecular weight excluding hydrogens is 247 g/mol. The molecule has 1 N–H and O–H groups in total. The van der Waals surface area contributed by atoms with E-state index in [9.17, 15) is 22.0 Å². The average molecular weight is 256 g/mol. The van der Waals surface area contributed by atoms with Gasteiger partial charge < -0.3 is 9.84 Å². The minimum Gasteiger partial charge on any atom is -0.497 e. The predicted molar refractivity (Wildman–Crippen MR) is 49.0 cm³/mol. The fourth-order valence-electron chi connectivity index (χ4n) is 1.30.